The molecule has 0 spiro atoms. The Morgan fingerprint density at radius 2 is 1.88 bits per heavy atom. The van der Waals surface area contributed by atoms with Crippen LogP contribution in [0.2, 0.25) is 5.28 Å². The van der Waals surface area contributed by atoms with E-state index < -0.39 is 15.9 Å². The van der Waals surface area contributed by atoms with E-state index in [0.717, 1.165) is 22.0 Å². The Hall–Kier alpha value is -2.23. The lowest BCUT2D eigenvalue weighted by molar-refractivity contribution is -0.117. The van der Waals surface area contributed by atoms with Gasteiger partial charge in [0.1, 0.15) is 10.6 Å². The number of hydrogen-bond acceptors (Lipinski definition) is 7. The van der Waals surface area contributed by atoms with Crippen molar-refractivity contribution in [2.45, 2.75) is 18.7 Å². The maximum atomic E-state index is 11.9. The minimum atomic E-state index is -3.86. The number of nitrogens with zero attached hydrogens (tertiary/aromatic N) is 2. The first kappa shape index (κ1) is 17.6. The molecule has 0 aliphatic heterocycles. The second-order valence-corrected chi connectivity index (χ2v) is 8.48. The molecule has 3 aromatic rings. The molecule has 130 valence electrons. The van der Waals surface area contributed by atoms with Gasteiger partial charge in [-0.05, 0) is 48.9 Å². The average molecular weight is 397 g/mol. The van der Waals surface area contributed by atoms with Gasteiger partial charge in [0.25, 0.3) is 10.0 Å². The third-order valence-electron chi connectivity index (χ3n) is 3.19. The number of hydrogen-bond donors (Lipinski definition) is 2. The Morgan fingerprint density at radius 3 is 2.52 bits per heavy atom. The Kier molecular flexibility index (Phi) is 4.63. The highest BCUT2D eigenvalue weighted by Crippen LogP contribution is 2.31. The van der Waals surface area contributed by atoms with E-state index in [2.05, 4.69) is 15.3 Å². The van der Waals surface area contributed by atoms with E-state index in [0.29, 0.717) is 11.5 Å². The molecule has 1 aromatic carbocycles. The van der Waals surface area contributed by atoms with Crippen molar-refractivity contribution in [2.75, 3.05) is 5.32 Å². The summed E-state index contributed by atoms with van der Waals surface area (Å²) < 4.78 is 25.8. The second-order valence-electron chi connectivity index (χ2n) is 5.23. The summed E-state index contributed by atoms with van der Waals surface area (Å²) in [5.41, 5.74) is 0.627. The third-order valence-corrected chi connectivity index (χ3v) is 5.76. The van der Waals surface area contributed by atoms with Gasteiger partial charge in [-0.25, -0.2) is 18.1 Å². The summed E-state index contributed by atoms with van der Waals surface area (Å²) in [5.74, 6) is -0.107. The molecule has 0 radical (unpaired) electrons. The summed E-state index contributed by atoms with van der Waals surface area (Å²) in [4.78, 5) is 21.2. The van der Waals surface area contributed by atoms with Gasteiger partial charge in [0, 0.05) is 17.5 Å². The van der Waals surface area contributed by atoms with Crippen LogP contribution < -0.4 is 10.0 Å². The smallest absolute Gasteiger partial charge is 0.264 e. The molecule has 0 saturated carbocycles. The van der Waals surface area contributed by atoms with Crippen LogP contribution in [0.5, 0.6) is 0 Å². The molecule has 0 unspecified atom stereocenters. The van der Waals surface area contributed by atoms with Crippen molar-refractivity contribution in [3.8, 4) is 0 Å². The van der Waals surface area contributed by atoms with Crippen molar-refractivity contribution < 1.29 is 13.2 Å². The zero-order chi connectivity index (χ0) is 18.2. The Bertz CT molecular complexity index is 1060. The monoisotopic (exact) mass is 396 g/mol. The van der Waals surface area contributed by atoms with Crippen molar-refractivity contribution in [2.24, 2.45) is 0 Å². The SMILES string of the molecule is CC(=O)NS(=O)(=O)c1ccc(Nc2nc(Cl)nc3sc(C)cc23)cc1. The fourth-order valence-corrected chi connectivity index (χ4v) is 4.30. The van der Waals surface area contributed by atoms with Crippen LogP contribution in [-0.4, -0.2) is 24.3 Å². The number of carbonyl (C=O) groups is 1. The number of aromatic nitrogens is 2. The van der Waals surface area contributed by atoms with E-state index in [9.17, 15) is 13.2 Å². The quantitative estimate of drug-likeness (QED) is 0.656. The van der Waals surface area contributed by atoms with Crippen LogP contribution in [0, 0.1) is 6.92 Å². The molecule has 0 aliphatic rings. The van der Waals surface area contributed by atoms with E-state index in [1.165, 1.54) is 23.5 Å². The minimum Gasteiger partial charge on any atom is -0.340 e. The maximum absolute atomic E-state index is 11.9. The summed E-state index contributed by atoms with van der Waals surface area (Å²) in [6, 6.07) is 7.90. The number of sulfonamides is 1. The van der Waals surface area contributed by atoms with Crippen molar-refractivity contribution in [1.29, 1.82) is 0 Å². The van der Waals surface area contributed by atoms with Crippen molar-refractivity contribution in [3.63, 3.8) is 0 Å². The topological polar surface area (TPSA) is 101 Å². The number of benzene rings is 1. The molecule has 1 amide bonds. The molecule has 0 aliphatic carbocycles. The number of fused-ring (bicyclic) bond motifs is 1. The van der Waals surface area contributed by atoms with Crippen molar-refractivity contribution in [3.05, 3.63) is 40.5 Å². The molecule has 2 N–H and O–H groups in total. The molecule has 0 atom stereocenters. The van der Waals surface area contributed by atoms with Crippen LogP contribution in [0.4, 0.5) is 11.5 Å². The van der Waals surface area contributed by atoms with Gasteiger partial charge >= 0.3 is 0 Å². The van der Waals surface area contributed by atoms with Crippen LogP contribution in [0.1, 0.15) is 11.8 Å². The van der Waals surface area contributed by atoms with E-state index in [-0.39, 0.29) is 10.2 Å². The number of halogens is 1. The second kappa shape index (κ2) is 6.58. The van der Waals surface area contributed by atoms with E-state index in [1.807, 2.05) is 17.7 Å². The highest BCUT2D eigenvalue weighted by atomic mass is 35.5. The molecule has 0 bridgehead atoms. The van der Waals surface area contributed by atoms with Crippen LogP contribution >= 0.6 is 22.9 Å². The summed E-state index contributed by atoms with van der Waals surface area (Å²) in [7, 11) is -3.86. The number of rotatable bonds is 4. The Balaban J connectivity index is 1.91. The van der Waals surface area contributed by atoms with Gasteiger partial charge in [0.05, 0.1) is 10.3 Å². The predicted octanol–water partition coefficient (Wildman–Crippen LogP) is 3.22. The molecule has 25 heavy (non-hydrogen) atoms. The molecule has 0 fully saturated rings. The maximum Gasteiger partial charge on any atom is 0.264 e. The summed E-state index contributed by atoms with van der Waals surface area (Å²) >= 11 is 7.47. The fourth-order valence-electron chi connectivity index (χ4n) is 2.21. The summed E-state index contributed by atoms with van der Waals surface area (Å²) in [6.45, 7) is 3.10. The first-order chi connectivity index (χ1) is 11.7. The van der Waals surface area contributed by atoms with Gasteiger partial charge in [0.2, 0.25) is 11.2 Å². The van der Waals surface area contributed by atoms with Crippen molar-refractivity contribution >= 4 is 60.6 Å². The molecule has 0 saturated heterocycles. The molecular formula is C15H13ClN4O3S2. The standard InChI is InChI=1S/C15H13ClN4O3S2/c1-8-7-12-13(18-15(16)19-14(12)24-8)17-10-3-5-11(6-4-10)25(22,23)20-9(2)21/h3-7H,1-2H3,(H,20,21)(H,17,18,19). The van der Waals surface area contributed by atoms with Crippen LogP contribution in [-0.2, 0) is 14.8 Å². The first-order valence-corrected chi connectivity index (χ1v) is 9.76. The highest BCUT2D eigenvalue weighted by Gasteiger charge is 2.15. The first-order valence-electron chi connectivity index (χ1n) is 7.09. The van der Waals surface area contributed by atoms with Gasteiger partial charge < -0.3 is 5.32 Å². The molecule has 7 nitrogen and oxygen atoms in total. The number of aryl methyl sites for hydroxylation is 1. The highest BCUT2D eigenvalue weighted by molar-refractivity contribution is 7.90. The third kappa shape index (κ3) is 3.89. The van der Waals surface area contributed by atoms with Crippen LogP contribution in [0.3, 0.4) is 0 Å². The Morgan fingerprint density at radius 1 is 1.20 bits per heavy atom. The number of nitrogens with one attached hydrogen (secondary N) is 2. The largest absolute Gasteiger partial charge is 0.340 e. The summed E-state index contributed by atoms with van der Waals surface area (Å²) in [5, 5.41) is 4.07. The average Bonchev–Trinajstić information content (AvgIpc) is 2.87. The number of anilines is 2. The van der Waals surface area contributed by atoms with Gasteiger partial charge in [-0.15, -0.1) is 11.3 Å². The lowest BCUT2D eigenvalue weighted by atomic mass is 10.3. The van der Waals surface area contributed by atoms with E-state index in [1.54, 1.807) is 12.1 Å². The van der Waals surface area contributed by atoms with Crippen LogP contribution in [0.25, 0.3) is 10.2 Å². The minimum absolute atomic E-state index is 0.00880. The molecule has 2 heterocycles. The fraction of sp³-hybridized carbons (Fsp3) is 0.133. The van der Waals surface area contributed by atoms with E-state index >= 15 is 0 Å². The van der Waals surface area contributed by atoms with Crippen molar-refractivity contribution in [1.82, 2.24) is 14.7 Å². The van der Waals surface area contributed by atoms with Gasteiger partial charge in [-0.1, -0.05) is 0 Å². The van der Waals surface area contributed by atoms with Gasteiger partial charge in [0.15, 0.2) is 0 Å². The van der Waals surface area contributed by atoms with Crippen LogP contribution in [0.15, 0.2) is 35.2 Å². The molecule has 3 rings (SSSR count). The molecule has 10 heteroatoms. The van der Waals surface area contributed by atoms with Gasteiger partial charge in [-0.3, -0.25) is 4.79 Å². The zero-order valence-electron chi connectivity index (χ0n) is 13.2. The molecular weight excluding hydrogens is 384 g/mol. The van der Waals surface area contributed by atoms with E-state index in [4.69, 9.17) is 11.6 Å². The number of thiophene rings is 1. The van der Waals surface area contributed by atoms with Gasteiger partial charge in [-0.2, -0.15) is 4.98 Å². The zero-order valence-corrected chi connectivity index (χ0v) is 15.6. The Labute approximate surface area is 153 Å². The lowest BCUT2D eigenvalue weighted by Gasteiger charge is -2.09. The molecule has 2 aromatic heterocycles. The predicted molar refractivity (Wildman–Crippen MR) is 97.9 cm³/mol. The summed E-state index contributed by atoms with van der Waals surface area (Å²) in [6.07, 6.45) is 0. The normalized spacial score (nSPS) is 11.5. The number of amides is 1. The number of carbonyl (C=O) groups excluding carboxylic acids is 1. The lowest BCUT2D eigenvalue weighted by Crippen LogP contribution is -2.28.